The van der Waals surface area contributed by atoms with E-state index in [0.29, 0.717) is 4.47 Å². The molecule has 0 spiro atoms. The van der Waals surface area contributed by atoms with Crippen molar-refractivity contribution in [2.75, 3.05) is 19.7 Å². The molecule has 0 aliphatic carbocycles. The molecule has 1 aliphatic rings. The number of nitrogens with one attached hydrogen (secondary N) is 1. The molecule has 1 aromatic carbocycles. The maximum Gasteiger partial charge on any atom is 0.191 e. The van der Waals surface area contributed by atoms with Crippen molar-refractivity contribution in [1.82, 2.24) is 5.32 Å². The normalized spacial score (nSPS) is 16.8. The number of carbonyl (C=O) groups is 1. The summed E-state index contributed by atoms with van der Waals surface area (Å²) in [5.74, 6) is -0.830. The number of Topliss-reactive ketones (excluding diaryl/α,β-unsaturated/α-hetero) is 1. The van der Waals surface area contributed by atoms with Crippen molar-refractivity contribution in [1.29, 1.82) is 0 Å². The van der Waals surface area contributed by atoms with Crippen molar-refractivity contribution < 1.29 is 13.9 Å². The Labute approximate surface area is 114 Å². The maximum absolute atomic E-state index is 13.7. The lowest BCUT2D eigenvalue weighted by Crippen LogP contribution is -2.33. The Kier molecular flexibility index (Phi) is 4.86. The number of halogens is 2. The van der Waals surface area contributed by atoms with E-state index < -0.39 is 5.82 Å². The Morgan fingerprint density at radius 3 is 2.89 bits per heavy atom. The molecule has 98 valence electrons. The van der Waals surface area contributed by atoms with Crippen molar-refractivity contribution in [3.8, 4) is 0 Å². The molecular weight excluding hydrogens is 301 g/mol. The van der Waals surface area contributed by atoms with Crippen molar-refractivity contribution in [3.05, 3.63) is 34.1 Å². The minimum atomic E-state index is -0.517. The molecule has 0 atom stereocenters. The first-order valence-electron chi connectivity index (χ1n) is 5.98. The van der Waals surface area contributed by atoms with Gasteiger partial charge in [0, 0.05) is 0 Å². The third-order valence-electron chi connectivity index (χ3n) is 2.99. The van der Waals surface area contributed by atoms with Crippen LogP contribution in [0.5, 0.6) is 0 Å². The fraction of sp³-hybridized carbons (Fsp3) is 0.462. The van der Waals surface area contributed by atoms with Crippen LogP contribution in [0, 0.1) is 5.82 Å². The molecule has 1 fully saturated rings. The predicted octanol–water partition coefficient (Wildman–Crippen LogP) is 2.54. The molecule has 18 heavy (non-hydrogen) atoms. The quantitative estimate of drug-likeness (QED) is 0.868. The molecule has 3 nitrogen and oxygen atoms in total. The summed E-state index contributed by atoms with van der Waals surface area (Å²) >= 11 is 3.07. The van der Waals surface area contributed by atoms with Gasteiger partial charge in [-0.25, -0.2) is 4.39 Å². The van der Waals surface area contributed by atoms with E-state index >= 15 is 0 Å². The van der Waals surface area contributed by atoms with Gasteiger partial charge in [0.05, 0.1) is 16.1 Å². The van der Waals surface area contributed by atoms with Crippen LogP contribution in [0.4, 0.5) is 4.39 Å². The summed E-state index contributed by atoms with van der Waals surface area (Å²) < 4.78 is 19.5. The third-order valence-corrected chi connectivity index (χ3v) is 3.60. The summed E-state index contributed by atoms with van der Waals surface area (Å²) in [6.45, 7) is 1.76. The molecule has 5 heteroatoms. The summed E-state index contributed by atoms with van der Waals surface area (Å²) in [5.41, 5.74) is 0.0818. The van der Waals surface area contributed by atoms with E-state index in [0.717, 1.165) is 25.9 Å². The van der Waals surface area contributed by atoms with Gasteiger partial charge in [-0.05, 0) is 54.0 Å². The van der Waals surface area contributed by atoms with E-state index in [2.05, 4.69) is 21.2 Å². The molecule has 1 saturated heterocycles. The summed E-state index contributed by atoms with van der Waals surface area (Å²) in [4.78, 5) is 11.9. The highest BCUT2D eigenvalue weighted by molar-refractivity contribution is 9.10. The number of rotatable bonds is 4. The number of benzene rings is 1. The highest BCUT2D eigenvalue weighted by Gasteiger charge is 2.18. The van der Waals surface area contributed by atoms with Gasteiger partial charge in [-0.3, -0.25) is 4.79 Å². The number of piperidine rings is 1. The molecule has 2 rings (SSSR count). The molecule has 1 heterocycles. The Hall–Kier alpha value is -0.780. The first kappa shape index (κ1) is 13.6. The zero-order valence-electron chi connectivity index (χ0n) is 9.92. The van der Waals surface area contributed by atoms with Gasteiger partial charge < -0.3 is 10.1 Å². The highest BCUT2D eigenvalue weighted by Crippen LogP contribution is 2.19. The Morgan fingerprint density at radius 1 is 1.44 bits per heavy atom. The monoisotopic (exact) mass is 315 g/mol. The second-order valence-corrected chi connectivity index (χ2v) is 5.14. The number of ether oxygens (including phenoxy) is 1. The van der Waals surface area contributed by atoms with E-state index in [1.165, 1.54) is 6.07 Å². The third kappa shape index (κ3) is 3.37. The van der Waals surface area contributed by atoms with E-state index in [1.807, 2.05) is 0 Å². The van der Waals surface area contributed by atoms with Gasteiger partial charge in [0.15, 0.2) is 5.78 Å². The zero-order valence-corrected chi connectivity index (χ0v) is 11.5. The van der Waals surface area contributed by atoms with Crippen LogP contribution in [-0.4, -0.2) is 31.6 Å². The first-order chi connectivity index (χ1) is 8.68. The number of hydrogen-bond donors (Lipinski definition) is 1. The topological polar surface area (TPSA) is 38.3 Å². The molecule has 0 unspecified atom stereocenters. The largest absolute Gasteiger partial charge is 0.370 e. The van der Waals surface area contributed by atoms with Crippen LogP contribution < -0.4 is 5.32 Å². The Bertz CT molecular complexity index is 433. The van der Waals surface area contributed by atoms with Crippen molar-refractivity contribution in [3.63, 3.8) is 0 Å². The minimum absolute atomic E-state index is 0.0575. The standard InChI is InChI=1S/C13H15BrFNO2/c14-11-3-1-2-10(13(11)15)12(17)8-18-9-4-6-16-7-5-9/h1-3,9,16H,4-8H2. The maximum atomic E-state index is 13.7. The number of ketones is 1. The lowest BCUT2D eigenvalue weighted by atomic mass is 10.1. The van der Waals surface area contributed by atoms with Crippen LogP contribution in [0.2, 0.25) is 0 Å². The predicted molar refractivity (Wildman–Crippen MR) is 70.3 cm³/mol. The highest BCUT2D eigenvalue weighted by atomic mass is 79.9. The zero-order chi connectivity index (χ0) is 13.0. The van der Waals surface area contributed by atoms with Crippen LogP contribution in [0.3, 0.4) is 0 Å². The first-order valence-corrected chi connectivity index (χ1v) is 6.77. The number of carbonyl (C=O) groups excluding carboxylic acids is 1. The molecule has 0 amide bonds. The van der Waals surface area contributed by atoms with Gasteiger partial charge in [0.2, 0.25) is 0 Å². The van der Waals surface area contributed by atoms with E-state index in [9.17, 15) is 9.18 Å². The average molecular weight is 316 g/mol. The Balaban J connectivity index is 1.93. The van der Waals surface area contributed by atoms with Crippen LogP contribution >= 0.6 is 15.9 Å². The fourth-order valence-electron chi connectivity index (χ4n) is 1.95. The minimum Gasteiger partial charge on any atom is -0.370 e. The van der Waals surface area contributed by atoms with Gasteiger partial charge in [0.1, 0.15) is 12.4 Å². The van der Waals surface area contributed by atoms with Crippen molar-refractivity contribution >= 4 is 21.7 Å². The Morgan fingerprint density at radius 2 is 2.17 bits per heavy atom. The summed E-state index contributed by atoms with van der Waals surface area (Å²) in [5, 5.41) is 3.22. The van der Waals surface area contributed by atoms with E-state index in [-0.39, 0.29) is 24.1 Å². The summed E-state index contributed by atoms with van der Waals surface area (Å²) in [7, 11) is 0. The second-order valence-electron chi connectivity index (χ2n) is 4.28. The molecule has 1 N–H and O–H groups in total. The molecule has 1 aromatic rings. The summed E-state index contributed by atoms with van der Waals surface area (Å²) in [6.07, 6.45) is 1.90. The lowest BCUT2D eigenvalue weighted by molar-refractivity contribution is 0.0315. The molecule has 0 radical (unpaired) electrons. The van der Waals surface area contributed by atoms with Gasteiger partial charge in [-0.15, -0.1) is 0 Å². The molecular formula is C13H15BrFNO2. The van der Waals surface area contributed by atoms with E-state index in [1.54, 1.807) is 12.1 Å². The number of hydrogen-bond acceptors (Lipinski definition) is 3. The van der Waals surface area contributed by atoms with Crippen LogP contribution in [-0.2, 0) is 4.74 Å². The van der Waals surface area contributed by atoms with Crippen molar-refractivity contribution in [2.45, 2.75) is 18.9 Å². The van der Waals surface area contributed by atoms with E-state index in [4.69, 9.17) is 4.74 Å². The van der Waals surface area contributed by atoms with Crippen LogP contribution in [0.15, 0.2) is 22.7 Å². The second kappa shape index (κ2) is 6.41. The van der Waals surface area contributed by atoms with Gasteiger partial charge in [-0.1, -0.05) is 6.07 Å². The fourth-order valence-corrected chi connectivity index (χ4v) is 2.32. The molecule has 0 saturated carbocycles. The summed E-state index contributed by atoms with van der Waals surface area (Å²) in [6, 6.07) is 4.69. The van der Waals surface area contributed by atoms with Crippen LogP contribution in [0.25, 0.3) is 0 Å². The van der Waals surface area contributed by atoms with Gasteiger partial charge >= 0.3 is 0 Å². The molecule has 1 aliphatic heterocycles. The van der Waals surface area contributed by atoms with Crippen LogP contribution in [0.1, 0.15) is 23.2 Å². The molecule has 0 aromatic heterocycles. The van der Waals surface area contributed by atoms with Gasteiger partial charge in [-0.2, -0.15) is 0 Å². The average Bonchev–Trinajstić information content (AvgIpc) is 2.40. The molecule has 0 bridgehead atoms. The lowest BCUT2D eigenvalue weighted by Gasteiger charge is -2.22. The SMILES string of the molecule is O=C(COC1CCNCC1)c1cccc(Br)c1F. The van der Waals surface area contributed by atoms with Crippen molar-refractivity contribution in [2.24, 2.45) is 0 Å². The van der Waals surface area contributed by atoms with Gasteiger partial charge in [0.25, 0.3) is 0 Å². The smallest absolute Gasteiger partial charge is 0.191 e.